The molecule has 2 fully saturated rings. The van der Waals surface area contributed by atoms with Gasteiger partial charge in [0.1, 0.15) is 11.9 Å². The maximum atomic E-state index is 10.3. The van der Waals surface area contributed by atoms with Crippen LogP contribution < -0.4 is 4.74 Å². The van der Waals surface area contributed by atoms with Crippen LogP contribution in [0.5, 0.6) is 5.75 Å². The van der Waals surface area contributed by atoms with Crippen LogP contribution in [0.4, 0.5) is 0 Å². The molecule has 0 amide bonds. The second kappa shape index (κ2) is 6.46. The van der Waals surface area contributed by atoms with Gasteiger partial charge in [-0.3, -0.25) is 0 Å². The van der Waals surface area contributed by atoms with Crippen LogP contribution in [0.15, 0.2) is 36.4 Å². The zero-order valence-electron chi connectivity index (χ0n) is 13.2. The lowest BCUT2D eigenvalue weighted by Gasteiger charge is -2.28. The number of fused-ring (bicyclic) bond motifs is 2. The molecular weight excluding hydrogens is 312 g/mol. The van der Waals surface area contributed by atoms with Crippen LogP contribution in [0.2, 0.25) is 0 Å². The molecule has 6 heteroatoms. The van der Waals surface area contributed by atoms with E-state index < -0.39 is 24.8 Å². The monoisotopic (exact) mass is 334 g/mol. The van der Waals surface area contributed by atoms with Crippen LogP contribution in [-0.4, -0.2) is 46.2 Å². The zero-order chi connectivity index (χ0) is 16.7. The van der Waals surface area contributed by atoms with Crippen molar-refractivity contribution in [2.75, 3.05) is 0 Å². The van der Waals surface area contributed by atoms with Crippen LogP contribution in [0.3, 0.4) is 0 Å². The average molecular weight is 334 g/mol. The van der Waals surface area contributed by atoms with Gasteiger partial charge in [0.2, 0.25) is 6.29 Å². The smallest absolute Gasteiger partial charge is 0.230 e. The van der Waals surface area contributed by atoms with Gasteiger partial charge in [0.25, 0.3) is 0 Å². The fourth-order valence-electron chi connectivity index (χ4n) is 3.90. The molecule has 3 N–H and O–H groups in total. The van der Waals surface area contributed by atoms with Gasteiger partial charge in [0.15, 0.2) is 6.29 Å². The van der Waals surface area contributed by atoms with Gasteiger partial charge in [-0.25, -0.2) is 0 Å². The molecule has 4 rings (SSSR count). The molecule has 0 radical (unpaired) electrons. The number of hydrogen-bond acceptors (Lipinski definition) is 6. The quantitative estimate of drug-likeness (QED) is 0.713. The number of ether oxygens (including phenoxy) is 3. The first-order chi connectivity index (χ1) is 11.6. The fourth-order valence-corrected chi connectivity index (χ4v) is 3.90. The Morgan fingerprint density at radius 2 is 2.00 bits per heavy atom. The molecule has 3 aliphatic rings. The molecule has 1 aromatic carbocycles. The van der Waals surface area contributed by atoms with Crippen LogP contribution in [0.25, 0.3) is 0 Å². The Balaban J connectivity index is 1.41. The Hall–Kier alpha value is -1.44. The highest BCUT2D eigenvalue weighted by molar-refractivity contribution is 5.33. The highest BCUT2D eigenvalue weighted by Crippen LogP contribution is 2.43. The molecule has 2 aliphatic heterocycles. The fraction of sp³-hybridized carbons (Fsp3) is 0.556. The normalized spacial score (nSPS) is 39.5. The first-order valence-corrected chi connectivity index (χ1v) is 8.36. The second-order valence-corrected chi connectivity index (χ2v) is 6.69. The Kier molecular flexibility index (Phi) is 4.32. The van der Waals surface area contributed by atoms with Crippen molar-refractivity contribution >= 4 is 0 Å². The summed E-state index contributed by atoms with van der Waals surface area (Å²) in [6, 6.07) is 7.57. The average Bonchev–Trinajstić information content (AvgIpc) is 3.07. The van der Waals surface area contributed by atoms with Gasteiger partial charge in [0.05, 0.1) is 18.8 Å². The van der Waals surface area contributed by atoms with Crippen LogP contribution in [0, 0.1) is 11.8 Å². The van der Waals surface area contributed by atoms with E-state index in [1.54, 1.807) is 12.2 Å². The SMILES string of the molecule is OC1C[C@@H]2[C@@H](C=C[C@@H](O)[C@@H]3OCc4ccccc4O3)[C@H](O)C[C@@H]2O1. The van der Waals surface area contributed by atoms with Gasteiger partial charge in [-0.15, -0.1) is 0 Å². The van der Waals surface area contributed by atoms with Gasteiger partial charge in [-0.1, -0.05) is 30.4 Å². The minimum Gasteiger partial charge on any atom is -0.461 e. The van der Waals surface area contributed by atoms with E-state index in [2.05, 4.69) is 0 Å². The van der Waals surface area contributed by atoms with E-state index >= 15 is 0 Å². The lowest BCUT2D eigenvalue weighted by molar-refractivity contribution is -0.152. The summed E-state index contributed by atoms with van der Waals surface area (Å²) in [6.07, 6.45) is 1.34. The van der Waals surface area contributed by atoms with Crippen LogP contribution in [0.1, 0.15) is 18.4 Å². The summed E-state index contributed by atoms with van der Waals surface area (Å²) in [5, 5.41) is 30.1. The van der Waals surface area contributed by atoms with Crippen molar-refractivity contribution in [2.45, 2.75) is 50.3 Å². The predicted molar refractivity (Wildman–Crippen MR) is 83.9 cm³/mol. The first-order valence-electron chi connectivity index (χ1n) is 8.36. The molecule has 2 heterocycles. The predicted octanol–water partition coefficient (Wildman–Crippen LogP) is 0.943. The first kappa shape index (κ1) is 16.1. The molecule has 1 saturated carbocycles. The van der Waals surface area contributed by atoms with Gasteiger partial charge in [-0.2, -0.15) is 0 Å². The van der Waals surface area contributed by atoms with E-state index in [1.165, 1.54) is 0 Å². The largest absolute Gasteiger partial charge is 0.461 e. The van der Waals surface area contributed by atoms with Gasteiger partial charge in [-0.05, 0) is 12.0 Å². The third-order valence-electron chi connectivity index (χ3n) is 5.12. The topological polar surface area (TPSA) is 88.4 Å². The van der Waals surface area contributed by atoms with Crippen molar-refractivity contribution in [1.82, 2.24) is 0 Å². The highest BCUT2D eigenvalue weighted by Gasteiger charge is 2.47. The zero-order valence-corrected chi connectivity index (χ0v) is 13.2. The van der Waals surface area contributed by atoms with E-state index in [0.29, 0.717) is 19.4 Å². The van der Waals surface area contributed by atoms with Crippen molar-refractivity contribution < 1.29 is 29.5 Å². The summed E-state index contributed by atoms with van der Waals surface area (Å²) in [4.78, 5) is 0. The van der Waals surface area contributed by atoms with Crippen LogP contribution >= 0.6 is 0 Å². The van der Waals surface area contributed by atoms with Crippen molar-refractivity contribution in [3.8, 4) is 5.75 Å². The lowest BCUT2D eigenvalue weighted by atomic mass is 9.91. The Labute approximate surface area is 140 Å². The summed E-state index contributed by atoms with van der Waals surface area (Å²) in [5.41, 5.74) is 0.955. The van der Waals surface area contributed by atoms with E-state index in [0.717, 1.165) is 11.3 Å². The molecule has 1 unspecified atom stereocenters. The van der Waals surface area contributed by atoms with Gasteiger partial charge >= 0.3 is 0 Å². The lowest BCUT2D eigenvalue weighted by Crippen LogP contribution is -2.36. The molecule has 24 heavy (non-hydrogen) atoms. The number of rotatable bonds is 3. The van der Waals surface area contributed by atoms with Crippen molar-refractivity contribution in [2.24, 2.45) is 11.8 Å². The number of aliphatic hydroxyl groups is 3. The Morgan fingerprint density at radius 1 is 1.17 bits per heavy atom. The number of para-hydroxylation sites is 1. The summed E-state index contributed by atoms with van der Waals surface area (Å²) in [7, 11) is 0. The molecule has 7 atom stereocenters. The van der Waals surface area contributed by atoms with E-state index in [9.17, 15) is 15.3 Å². The molecule has 1 aliphatic carbocycles. The molecule has 1 saturated heterocycles. The van der Waals surface area contributed by atoms with Crippen molar-refractivity contribution in [3.05, 3.63) is 42.0 Å². The molecule has 0 spiro atoms. The summed E-state index contributed by atoms with van der Waals surface area (Å²) in [6.45, 7) is 0.391. The minimum absolute atomic E-state index is 0.0763. The maximum Gasteiger partial charge on any atom is 0.230 e. The van der Waals surface area contributed by atoms with Crippen molar-refractivity contribution in [3.63, 3.8) is 0 Å². The van der Waals surface area contributed by atoms with Gasteiger partial charge < -0.3 is 29.5 Å². The number of aliphatic hydroxyl groups excluding tert-OH is 3. The summed E-state index contributed by atoms with van der Waals surface area (Å²) in [5.74, 6) is 0.652. The maximum absolute atomic E-state index is 10.3. The van der Waals surface area contributed by atoms with Crippen molar-refractivity contribution in [1.29, 1.82) is 0 Å². The minimum atomic E-state index is -0.933. The summed E-state index contributed by atoms with van der Waals surface area (Å²) < 4.78 is 16.6. The Bertz CT molecular complexity index is 617. The standard InChI is InChI=1S/C18H22O6/c19-13(18-22-9-10-3-1-2-4-15(10)24-18)6-5-11-12-7-17(21)23-16(12)8-14(11)20/h1-6,11-14,16-21H,7-9H2/t11-,12-,13-,14-,16+,17?,18-/m1/s1. The second-order valence-electron chi connectivity index (χ2n) is 6.69. The Morgan fingerprint density at radius 3 is 2.88 bits per heavy atom. The highest BCUT2D eigenvalue weighted by atomic mass is 16.7. The molecular formula is C18H22O6. The number of hydrogen-bond donors (Lipinski definition) is 3. The number of benzene rings is 1. The molecule has 0 aromatic heterocycles. The molecule has 6 nitrogen and oxygen atoms in total. The van der Waals surface area contributed by atoms with Gasteiger partial charge in [0, 0.05) is 24.3 Å². The molecule has 1 aromatic rings. The molecule has 0 bridgehead atoms. The van der Waals surface area contributed by atoms with E-state index in [-0.39, 0.29) is 17.9 Å². The third-order valence-corrected chi connectivity index (χ3v) is 5.12. The van der Waals surface area contributed by atoms with Crippen LogP contribution in [-0.2, 0) is 16.1 Å². The summed E-state index contributed by atoms with van der Waals surface area (Å²) >= 11 is 0. The van der Waals surface area contributed by atoms with E-state index in [4.69, 9.17) is 14.2 Å². The molecule has 130 valence electrons. The van der Waals surface area contributed by atoms with E-state index in [1.807, 2.05) is 24.3 Å². The third kappa shape index (κ3) is 2.96.